The van der Waals surface area contributed by atoms with E-state index in [4.69, 9.17) is 0 Å². The van der Waals surface area contributed by atoms with Gasteiger partial charge in [-0.2, -0.15) is 0 Å². The number of rotatable bonds is 4. The lowest BCUT2D eigenvalue weighted by Gasteiger charge is -2.26. The Morgan fingerprint density at radius 1 is 0.773 bits per heavy atom. The Bertz CT molecular complexity index is 627. The Balaban J connectivity index is 1.95. The summed E-state index contributed by atoms with van der Waals surface area (Å²) in [7, 11) is 6.82. The van der Waals surface area contributed by atoms with E-state index in [9.17, 15) is 0 Å². The molecule has 0 saturated heterocycles. The summed E-state index contributed by atoms with van der Waals surface area (Å²) in [6.45, 7) is 1.22. The van der Waals surface area contributed by atoms with Crippen LogP contribution in [0.5, 0.6) is 0 Å². The highest BCUT2D eigenvalue weighted by atomic mass is 15.3. The second-order valence-corrected chi connectivity index (χ2v) is 7.30. The number of hydrogen-bond donors (Lipinski definition) is 0. The quantitative estimate of drug-likeness (QED) is 0.711. The van der Waals surface area contributed by atoms with Crippen LogP contribution in [0.2, 0.25) is 0 Å². The van der Waals surface area contributed by atoms with E-state index in [-0.39, 0.29) is 0 Å². The van der Waals surface area contributed by atoms with Crippen molar-refractivity contribution in [3.63, 3.8) is 0 Å². The van der Waals surface area contributed by atoms with Gasteiger partial charge in [0.2, 0.25) is 0 Å². The van der Waals surface area contributed by atoms with E-state index in [1.807, 2.05) is 0 Å². The van der Waals surface area contributed by atoms with Crippen LogP contribution in [0.15, 0.2) is 48.5 Å². The summed E-state index contributed by atoms with van der Waals surface area (Å²) in [6, 6.07) is 17.7. The highest BCUT2D eigenvalue weighted by molar-refractivity contribution is 5.76. The molecule has 1 aliphatic carbocycles. The zero-order valence-electron chi connectivity index (χ0n) is 13.9. The molecule has 22 heavy (non-hydrogen) atoms. The molecular formula is C21H26N+. The molecule has 0 aliphatic heterocycles. The first-order chi connectivity index (χ1) is 10.5. The maximum atomic E-state index is 2.30. The molecule has 0 spiro atoms. The van der Waals surface area contributed by atoms with E-state index >= 15 is 0 Å². The Morgan fingerprint density at radius 3 is 1.77 bits per heavy atom. The topological polar surface area (TPSA) is 0 Å². The molecule has 2 aromatic carbocycles. The summed E-state index contributed by atoms with van der Waals surface area (Å²) < 4.78 is 1.04. The summed E-state index contributed by atoms with van der Waals surface area (Å²) >= 11 is 0. The lowest BCUT2D eigenvalue weighted by atomic mass is 9.84. The molecule has 0 radical (unpaired) electrons. The SMILES string of the molecule is C[N+](C)(C)CCCC1c2ccccc2C=Cc2ccccc21. The molecule has 0 fully saturated rings. The molecule has 0 heterocycles. The van der Waals surface area contributed by atoms with Crippen molar-refractivity contribution < 1.29 is 4.48 Å². The Kier molecular flexibility index (Phi) is 4.17. The molecule has 2 aromatic rings. The molecule has 0 aromatic heterocycles. The summed E-state index contributed by atoms with van der Waals surface area (Å²) in [5, 5.41) is 0. The first-order valence-electron chi connectivity index (χ1n) is 8.21. The molecule has 114 valence electrons. The van der Waals surface area contributed by atoms with Crippen LogP contribution in [0.1, 0.15) is 41.0 Å². The summed E-state index contributed by atoms with van der Waals surface area (Å²) in [6.07, 6.45) is 7.00. The third-order valence-electron chi connectivity index (χ3n) is 4.51. The second-order valence-electron chi connectivity index (χ2n) is 7.30. The van der Waals surface area contributed by atoms with E-state index in [1.165, 1.54) is 41.6 Å². The van der Waals surface area contributed by atoms with Crippen molar-refractivity contribution in [1.82, 2.24) is 0 Å². The van der Waals surface area contributed by atoms with Crippen LogP contribution in [0, 0.1) is 0 Å². The van der Waals surface area contributed by atoms with Gasteiger partial charge in [-0.15, -0.1) is 0 Å². The van der Waals surface area contributed by atoms with E-state index in [1.54, 1.807) is 0 Å². The van der Waals surface area contributed by atoms with Crippen LogP contribution < -0.4 is 0 Å². The van der Waals surface area contributed by atoms with Crippen molar-refractivity contribution >= 4 is 12.2 Å². The van der Waals surface area contributed by atoms with Crippen LogP contribution in [0.3, 0.4) is 0 Å². The third kappa shape index (κ3) is 3.31. The van der Waals surface area contributed by atoms with Gasteiger partial charge < -0.3 is 4.48 Å². The molecule has 3 rings (SSSR count). The average Bonchev–Trinajstić information content (AvgIpc) is 2.64. The van der Waals surface area contributed by atoms with Gasteiger partial charge in [-0.3, -0.25) is 0 Å². The molecule has 0 bridgehead atoms. The highest BCUT2D eigenvalue weighted by Gasteiger charge is 2.21. The smallest absolute Gasteiger partial charge is 0.0780 e. The fourth-order valence-electron chi connectivity index (χ4n) is 3.39. The predicted octanol–water partition coefficient (Wildman–Crippen LogP) is 4.79. The molecule has 0 N–H and O–H groups in total. The zero-order chi connectivity index (χ0) is 15.6. The minimum Gasteiger partial charge on any atom is -0.331 e. The maximum Gasteiger partial charge on any atom is 0.0780 e. The fraction of sp³-hybridized carbons (Fsp3) is 0.333. The lowest BCUT2D eigenvalue weighted by Crippen LogP contribution is -2.35. The summed E-state index contributed by atoms with van der Waals surface area (Å²) in [5.74, 6) is 0.508. The summed E-state index contributed by atoms with van der Waals surface area (Å²) in [5.41, 5.74) is 5.69. The zero-order valence-corrected chi connectivity index (χ0v) is 13.9. The van der Waals surface area contributed by atoms with Gasteiger partial charge in [0.15, 0.2) is 0 Å². The average molecular weight is 292 g/mol. The number of hydrogen-bond acceptors (Lipinski definition) is 0. The monoisotopic (exact) mass is 292 g/mol. The van der Waals surface area contributed by atoms with Gasteiger partial charge in [0.25, 0.3) is 0 Å². The van der Waals surface area contributed by atoms with Crippen molar-refractivity contribution in [2.45, 2.75) is 18.8 Å². The fourth-order valence-corrected chi connectivity index (χ4v) is 3.39. The number of benzene rings is 2. The van der Waals surface area contributed by atoms with Crippen molar-refractivity contribution in [3.8, 4) is 0 Å². The van der Waals surface area contributed by atoms with Gasteiger partial charge in [0.05, 0.1) is 27.7 Å². The lowest BCUT2D eigenvalue weighted by molar-refractivity contribution is -0.870. The van der Waals surface area contributed by atoms with Gasteiger partial charge in [-0.25, -0.2) is 0 Å². The minimum atomic E-state index is 0.508. The molecule has 0 atom stereocenters. The van der Waals surface area contributed by atoms with Crippen molar-refractivity contribution in [2.75, 3.05) is 27.7 Å². The predicted molar refractivity (Wildman–Crippen MR) is 95.8 cm³/mol. The van der Waals surface area contributed by atoms with Crippen LogP contribution in [0.25, 0.3) is 12.2 Å². The maximum absolute atomic E-state index is 2.30. The van der Waals surface area contributed by atoms with Crippen molar-refractivity contribution in [3.05, 3.63) is 70.8 Å². The highest BCUT2D eigenvalue weighted by Crippen LogP contribution is 2.37. The third-order valence-corrected chi connectivity index (χ3v) is 4.51. The Labute approximate surface area is 134 Å². The number of quaternary nitrogens is 1. The van der Waals surface area contributed by atoms with Crippen LogP contribution >= 0.6 is 0 Å². The first-order valence-corrected chi connectivity index (χ1v) is 8.21. The van der Waals surface area contributed by atoms with Crippen molar-refractivity contribution in [1.29, 1.82) is 0 Å². The molecule has 0 saturated carbocycles. The van der Waals surface area contributed by atoms with E-state index < -0.39 is 0 Å². The van der Waals surface area contributed by atoms with E-state index in [0.717, 1.165) is 4.48 Å². The van der Waals surface area contributed by atoms with Crippen molar-refractivity contribution in [2.24, 2.45) is 0 Å². The first kappa shape index (κ1) is 15.1. The minimum absolute atomic E-state index is 0.508. The molecule has 0 amide bonds. The van der Waals surface area contributed by atoms with Gasteiger partial charge in [0, 0.05) is 5.92 Å². The molecule has 1 aliphatic rings. The van der Waals surface area contributed by atoms with Gasteiger partial charge in [-0.05, 0) is 35.1 Å². The largest absolute Gasteiger partial charge is 0.331 e. The van der Waals surface area contributed by atoms with Gasteiger partial charge in [-0.1, -0.05) is 60.7 Å². The summed E-state index contributed by atoms with van der Waals surface area (Å²) in [4.78, 5) is 0. The normalized spacial score (nSPS) is 14.3. The molecule has 1 nitrogen and oxygen atoms in total. The second kappa shape index (κ2) is 6.10. The Morgan fingerprint density at radius 2 is 1.27 bits per heavy atom. The standard InChI is InChI=1S/C21H26N/c1-22(2,3)16-8-13-21-19-11-6-4-9-17(19)14-15-18-10-5-7-12-20(18)21/h4-7,9-12,14-15,21H,8,13,16H2,1-3H3/q+1. The Hall–Kier alpha value is -1.86. The molecular weight excluding hydrogens is 266 g/mol. The number of nitrogens with zero attached hydrogens (tertiary/aromatic N) is 1. The molecule has 1 heteroatoms. The van der Waals surface area contributed by atoms with Gasteiger partial charge in [0.1, 0.15) is 0 Å². The van der Waals surface area contributed by atoms with Gasteiger partial charge >= 0.3 is 0 Å². The van der Waals surface area contributed by atoms with E-state index in [2.05, 4.69) is 81.8 Å². The van der Waals surface area contributed by atoms with Crippen LogP contribution in [-0.4, -0.2) is 32.2 Å². The van der Waals surface area contributed by atoms with Crippen LogP contribution in [0.4, 0.5) is 0 Å². The molecule has 0 unspecified atom stereocenters. The van der Waals surface area contributed by atoms with E-state index in [0.29, 0.717) is 5.92 Å². The van der Waals surface area contributed by atoms with Crippen LogP contribution in [-0.2, 0) is 0 Å². The number of fused-ring (bicyclic) bond motifs is 2.